The minimum atomic E-state index is -0.637. The van der Waals surface area contributed by atoms with Crippen LogP contribution in [0.1, 0.15) is 31.9 Å². The third-order valence-corrected chi connectivity index (χ3v) is 5.89. The van der Waals surface area contributed by atoms with Gasteiger partial charge >= 0.3 is 0 Å². The number of halogens is 2. The Kier molecular flexibility index (Phi) is 9.66. The quantitative estimate of drug-likeness (QED) is 0.560. The largest absolute Gasteiger partial charge is 0.354 e. The summed E-state index contributed by atoms with van der Waals surface area (Å²) < 4.78 is 13.2. The number of rotatable bonds is 10. The molecular formula is C23H28ClFN2O2S. The number of benzene rings is 2. The predicted octanol–water partition coefficient (Wildman–Crippen LogP) is 4.90. The Hall–Kier alpha value is -2.05. The first kappa shape index (κ1) is 24.2. The van der Waals surface area contributed by atoms with Gasteiger partial charge in [0.2, 0.25) is 11.8 Å². The zero-order chi connectivity index (χ0) is 22.1. The van der Waals surface area contributed by atoms with Gasteiger partial charge in [-0.05, 0) is 42.2 Å². The van der Waals surface area contributed by atoms with Crippen LogP contribution in [-0.2, 0) is 21.9 Å². The molecule has 1 atom stereocenters. The van der Waals surface area contributed by atoms with Crippen LogP contribution in [0.3, 0.4) is 0 Å². The Morgan fingerprint density at radius 3 is 2.40 bits per heavy atom. The van der Waals surface area contributed by atoms with Crippen molar-refractivity contribution in [2.24, 2.45) is 5.92 Å². The van der Waals surface area contributed by atoms with Gasteiger partial charge in [-0.1, -0.05) is 55.8 Å². The van der Waals surface area contributed by atoms with Crippen LogP contribution in [0.25, 0.3) is 0 Å². The molecule has 0 aliphatic heterocycles. The fraction of sp³-hybridized carbons (Fsp3) is 0.391. The van der Waals surface area contributed by atoms with Crippen molar-refractivity contribution < 1.29 is 14.0 Å². The summed E-state index contributed by atoms with van der Waals surface area (Å²) in [6.07, 6.45) is 0. The number of hydrogen-bond acceptors (Lipinski definition) is 3. The van der Waals surface area contributed by atoms with Crippen LogP contribution in [0.15, 0.2) is 48.5 Å². The average Bonchev–Trinajstić information content (AvgIpc) is 2.72. The number of hydrogen-bond donors (Lipinski definition) is 1. The topological polar surface area (TPSA) is 49.4 Å². The van der Waals surface area contributed by atoms with Gasteiger partial charge in [-0.2, -0.15) is 0 Å². The summed E-state index contributed by atoms with van der Waals surface area (Å²) in [7, 11) is 0. The summed E-state index contributed by atoms with van der Waals surface area (Å²) in [5.74, 6) is 0.444. The normalized spacial score (nSPS) is 11.9. The zero-order valence-electron chi connectivity index (χ0n) is 17.5. The molecule has 0 aliphatic rings. The van der Waals surface area contributed by atoms with Gasteiger partial charge in [0.25, 0.3) is 0 Å². The summed E-state index contributed by atoms with van der Waals surface area (Å²) in [5.41, 5.74) is 1.73. The van der Waals surface area contributed by atoms with Gasteiger partial charge in [-0.15, -0.1) is 11.8 Å². The van der Waals surface area contributed by atoms with E-state index in [1.807, 2.05) is 38.1 Å². The van der Waals surface area contributed by atoms with E-state index in [1.165, 1.54) is 23.9 Å². The van der Waals surface area contributed by atoms with Crippen molar-refractivity contribution in [1.82, 2.24) is 10.2 Å². The predicted molar refractivity (Wildman–Crippen MR) is 122 cm³/mol. The first-order valence-electron chi connectivity index (χ1n) is 9.90. The van der Waals surface area contributed by atoms with Crippen molar-refractivity contribution in [3.63, 3.8) is 0 Å². The lowest BCUT2D eigenvalue weighted by atomic mass is 10.1. The smallest absolute Gasteiger partial charge is 0.242 e. The molecule has 7 heteroatoms. The Balaban J connectivity index is 2.06. The molecule has 1 unspecified atom stereocenters. The molecule has 0 bridgehead atoms. The number of nitrogens with one attached hydrogen (secondary N) is 1. The Bertz CT molecular complexity index is 845. The summed E-state index contributed by atoms with van der Waals surface area (Å²) in [5, 5.41) is 3.55. The van der Waals surface area contributed by atoms with E-state index in [1.54, 1.807) is 24.0 Å². The second-order valence-corrected chi connectivity index (χ2v) is 8.94. The molecule has 0 saturated carbocycles. The molecule has 0 spiro atoms. The summed E-state index contributed by atoms with van der Waals surface area (Å²) in [6.45, 7) is 6.52. The fourth-order valence-corrected chi connectivity index (χ4v) is 3.96. The van der Waals surface area contributed by atoms with Crippen molar-refractivity contribution in [3.8, 4) is 0 Å². The molecule has 4 nitrogen and oxygen atoms in total. The highest BCUT2D eigenvalue weighted by molar-refractivity contribution is 7.99. The molecule has 2 rings (SSSR count). The number of amides is 2. The van der Waals surface area contributed by atoms with E-state index >= 15 is 0 Å². The third kappa shape index (κ3) is 7.65. The molecule has 1 N–H and O–H groups in total. The first-order valence-corrected chi connectivity index (χ1v) is 11.4. The monoisotopic (exact) mass is 450 g/mol. The van der Waals surface area contributed by atoms with E-state index in [4.69, 9.17) is 11.6 Å². The van der Waals surface area contributed by atoms with E-state index in [2.05, 4.69) is 5.32 Å². The highest BCUT2D eigenvalue weighted by Crippen LogP contribution is 2.21. The van der Waals surface area contributed by atoms with Gasteiger partial charge in [0.1, 0.15) is 11.9 Å². The fourth-order valence-electron chi connectivity index (χ4n) is 2.77. The number of thioether (sulfide) groups is 1. The first-order chi connectivity index (χ1) is 14.3. The van der Waals surface area contributed by atoms with E-state index < -0.39 is 6.04 Å². The number of nitrogens with zero attached hydrogens (tertiary/aromatic N) is 1. The van der Waals surface area contributed by atoms with Crippen molar-refractivity contribution in [2.75, 3.05) is 12.3 Å². The number of carbonyl (C=O) groups excluding carboxylic acids is 2. The molecule has 0 aliphatic carbocycles. The molecular weight excluding hydrogens is 423 g/mol. The van der Waals surface area contributed by atoms with Crippen LogP contribution in [0.4, 0.5) is 4.39 Å². The Morgan fingerprint density at radius 1 is 1.10 bits per heavy atom. The molecule has 0 saturated heterocycles. The van der Waals surface area contributed by atoms with E-state index in [0.29, 0.717) is 23.2 Å². The van der Waals surface area contributed by atoms with Gasteiger partial charge in [0, 0.05) is 23.9 Å². The van der Waals surface area contributed by atoms with Crippen molar-refractivity contribution >= 4 is 35.2 Å². The second-order valence-electron chi connectivity index (χ2n) is 7.55. The highest BCUT2D eigenvalue weighted by atomic mass is 35.5. The summed E-state index contributed by atoms with van der Waals surface area (Å²) >= 11 is 7.63. The lowest BCUT2D eigenvalue weighted by molar-refractivity contribution is -0.138. The molecule has 2 amide bonds. The molecule has 2 aromatic rings. The second kappa shape index (κ2) is 12.0. The van der Waals surface area contributed by atoms with E-state index in [0.717, 1.165) is 11.1 Å². The van der Waals surface area contributed by atoms with Gasteiger partial charge in [-0.3, -0.25) is 9.59 Å². The lowest BCUT2D eigenvalue weighted by Gasteiger charge is -2.29. The standard InChI is InChI=1S/C23H28ClFN2O2S/c1-16(2)12-26-23(29)17(3)27(13-18-8-10-20(25)11-9-18)22(28)15-30-14-19-6-4-5-7-21(19)24/h4-11,16-17H,12-15H2,1-3H3,(H,26,29). The van der Waals surface area contributed by atoms with E-state index in [9.17, 15) is 14.0 Å². The molecule has 2 aromatic carbocycles. The van der Waals surface area contributed by atoms with Gasteiger partial charge in [-0.25, -0.2) is 4.39 Å². The van der Waals surface area contributed by atoms with Crippen molar-refractivity contribution in [1.29, 1.82) is 0 Å². The van der Waals surface area contributed by atoms with Crippen LogP contribution in [0, 0.1) is 11.7 Å². The molecule has 0 aromatic heterocycles. The van der Waals surface area contributed by atoms with E-state index in [-0.39, 0.29) is 29.9 Å². The highest BCUT2D eigenvalue weighted by Gasteiger charge is 2.26. The maximum atomic E-state index is 13.2. The summed E-state index contributed by atoms with van der Waals surface area (Å²) in [6, 6.07) is 12.9. The van der Waals surface area contributed by atoms with Crippen LogP contribution < -0.4 is 5.32 Å². The number of carbonyl (C=O) groups is 2. The van der Waals surface area contributed by atoms with Gasteiger partial charge < -0.3 is 10.2 Å². The van der Waals surface area contributed by atoms with Crippen LogP contribution in [-0.4, -0.2) is 35.1 Å². The lowest BCUT2D eigenvalue weighted by Crippen LogP contribution is -2.48. The molecule has 0 radical (unpaired) electrons. The van der Waals surface area contributed by atoms with Crippen molar-refractivity contribution in [2.45, 2.75) is 39.1 Å². The zero-order valence-corrected chi connectivity index (χ0v) is 19.1. The van der Waals surface area contributed by atoms with Crippen LogP contribution in [0.2, 0.25) is 5.02 Å². The van der Waals surface area contributed by atoms with Gasteiger partial charge in [0.15, 0.2) is 0 Å². The summed E-state index contributed by atoms with van der Waals surface area (Å²) in [4.78, 5) is 27.1. The average molecular weight is 451 g/mol. The SMILES string of the molecule is CC(C)CNC(=O)C(C)N(Cc1ccc(F)cc1)C(=O)CSCc1ccccc1Cl. The molecule has 0 heterocycles. The van der Waals surface area contributed by atoms with Crippen LogP contribution >= 0.6 is 23.4 Å². The molecule has 162 valence electrons. The Labute approximate surface area is 187 Å². The minimum Gasteiger partial charge on any atom is -0.354 e. The third-order valence-electron chi connectivity index (χ3n) is 4.56. The maximum Gasteiger partial charge on any atom is 0.242 e. The van der Waals surface area contributed by atoms with Gasteiger partial charge in [0.05, 0.1) is 5.75 Å². The van der Waals surface area contributed by atoms with Crippen LogP contribution in [0.5, 0.6) is 0 Å². The van der Waals surface area contributed by atoms with Crippen molar-refractivity contribution in [3.05, 3.63) is 70.5 Å². The Morgan fingerprint density at radius 2 is 1.77 bits per heavy atom. The minimum absolute atomic E-state index is 0.149. The maximum absolute atomic E-state index is 13.2. The molecule has 0 fully saturated rings. The molecule has 30 heavy (non-hydrogen) atoms.